The van der Waals surface area contributed by atoms with Crippen LogP contribution in [0.2, 0.25) is 0 Å². The molecule has 1 amide bonds. The van der Waals surface area contributed by atoms with E-state index in [0.717, 1.165) is 37.6 Å². The minimum Gasteiger partial charge on any atom is -0.497 e. The molecule has 1 fully saturated rings. The molecule has 0 radical (unpaired) electrons. The van der Waals surface area contributed by atoms with Gasteiger partial charge in [0, 0.05) is 38.4 Å². The molecule has 0 atom stereocenters. The van der Waals surface area contributed by atoms with Gasteiger partial charge in [0.25, 0.3) is 0 Å². The minimum atomic E-state index is 0.0397. The molecule has 1 aromatic carbocycles. The molecule has 0 aromatic heterocycles. The van der Waals surface area contributed by atoms with Crippen molar-refractivity contribution in [1.82, 2.24) is 4.90 Å². The number of methoxy groups -OCH3 is 1. The van der Waals surface area contributed by atoms with Gasteiger partial charge in [-0.3, -0.25) is 4.79 Å². The lowest BCUT2D eigenvalue weighted by Gasteiger charge is -2.36. The van der Waals surface area contributed by atoms with E-state index in [4.69, 9.17) is 15.2 Å². The summed E-state index contributed by atoms with van der Waals surface area (Å²) in [4.78, 5) is 16.0. The highest BCUT2D eigenvalue weighted by Crippen LogP contribution is 2.20. The third-order valence-corrected chi connectivity index (χ3v) is 3.56. The quantitative estimate of drug-likeness (QED) is 0.765. The molecule has 0 aliphatic carbocycles. The van der Waals surface area contributed by atoms with Gasteiger partial charge < -0.3 is 25.0 Å². The smallest absolute Gasteiger partial charge is 0.248 e. The fraction of sp³-hybridized carbons (Fsp3) is 0.533. The highest BCUT2D eigenvalue weighted by Gasteiger charge is 2.21. The van der Waals surface area contributed by atoms with Crippen molar-refractivity contribution in [2.75, 3.05) is 57.9 Å². The van der Waals surface area contributed by atoms with E-state index in [-0.39, 0.29) is 12.5 Å². The normalized spacial score (nSPS) is 15.1. The Morgan fingerprint density at radius 2 is 1.86 bits per heavy atom. The molecule has 0 unspecified atom stereocenters. The van der Waals surface area contributed by atoms with E-state index in [9.17, 15) is 4.79 Å². The van der Waals surface area contributed by atoms with Gasteiger partial charge in [0.1, 0.15) is 12.4 Å². The number of nitrogens with two attached hydrogens (primary N) is 1. The van der Waals surface area contributed by atoms with Crippen LogP contribution in [-0.4, -0.2) is 63.9 Å². The topological polar surface area (TPSA) is 68.0 Å². The monoisotopic (exact) mass is 293 g/mol. The number of nitrogens with zero attached hydrogens (tertiary/aromatic N) is 2. The van der Waals surface area contributed by atoms with Crippen LogP contribution in [0.1, 0.15) is 0 Å². The molecule has 0 spiro atoms. The summed E-state index contributed by atoms with van der Waals surface area (Å²) in [5.41, 5.74) is 6.49. The molecule has 116 valence electrons. The predicted octanol–water partition coefficient (Wildman–Crippen LogP) is 0.319. The summed E-state index contributed by atoms with van der Waals surface area (Å²) < 4.78 is 10.3. The van der Waals surface area contributed by atoms with Crippen LogP contribution in [0.3, 0.4) is 0 Å². The van der Waals surface area contributed by atoms with Gasteiger partial charge in [-0.15, -0.1) is 0 Å². The Balaban J connectivity index is 1.80. The highest BCUT2D eigenvalue weighted by atomic mass is 16.5. The van der Waals surface area contributed by atoms with E-state index >= 15 is 0 Å². The molecule has 2 rings (SSSR count). The second kappa shape index (κ2) is 7.85. The van der Waals surface area contributed by atoms with Crippen molar-refractivity contribution in [2.45, 2.75) is 0 Å². The summed E-state index contributed by atoms with van der Waals surface area (Å²) >= 11 is 0. The molecular formula is C15H23N3O3. The van der Waals surface area contributed by atoms with Crippen molar-refractivity contribution >= 4 is 11.6 Å². The lowest BCUT2D eigenvalue weighted by Crippen LogP contribution is -2.49. The number of carbonyl (C=O) groups excluding carboxylic acids is 1. The fourth-order valence-corrected chi connectivity index (χ4v) is 2.34. The van der Waals surface area contributed by atoms with E-state index in [0.29, 0.717) is 13.2 Å². The summed E-state index contributed by atoms with van der Waals surface area (Å²) in [6.45, 7) is 4.09. The van der Waals surface area contributed by atoms with Crippen molar-refractivity contribution in [3.8, 4) is 5.75 Å². The molecule has 21 heavy (non-hydrogen) atoms. The van der Waals surface area contributed by atoms with Crippen molar-refractivity contribution in [3.63, 3.8) is 0 Å². The van der Waals surface area contributed by atoms with E-state index in [1.807, 2.05) is 29.2 Å². The largest absolute Gasteiger partial charge is 0.497 e. The Bertz CT molecular complexity index is 442. The van der Waals surface area contributed by atoms with Crippen LogP contribution >= 0.6 is 0 Å². The van der Waals surface area contributed by atoms with Crippen molar-refractivity contribution in [3.05, 3.63) is 24.3 Å². The van der Waals surface area contributed by atoms with Crippen LogP contribution in [-0.2, 0) is 9.53 Å². The van der Waals surface area contributed by atoms with Crippen LogP contribution in [0.15, 0.2) is 24.3 Å². The number of anilines is 1. The first kappa shape index (κ1) is 15.6. The number of hydrogen-bond donors (Lipinski definition) is 1. The molecule has 1 aromatic rings. The second-order valence-corrected chi connectivity index (χ2v) is 4.91. The molecular weight excluding hydrogens is 270 g/mol. The Hall–Kier alpha value is -1.79. The van der Waals surface area contributed by atoms with Crippen molar-refractivity contribution in [1.29, 1.82) is 0 Å². The molecule has 1 heterocycles. The summed E-state index contributed by atoms with van der Waals surface area (Å²) in [6, 6.07) is 7.99. The van der Waals surface area contributed by atoms with Gasteiger partial charge in [0.05, 0.1) is 13.7 Å². The minimum absolute atomic E-state index is 0.0397. The fourth-order valence-electron chi connectivity index (χ4n) is 2.34. The number of carbonyl (C=O) groups is 1. The number of piperazine rings is 1. The lowest BCUT2D eigenvalue weighted by molar-refractivity contribution is -0.136. The SMILES string of the molecule is COc1ccc(N2CCN(C(=O)COCCN)CC2)cc1. The molecule has 0 bridgehead atoms. The van der Waals surface area contributed by atoms with Crippen molar-refractivity contribution < 1.29 is 14.3 Å². The molecule has 6 heteroatoms. The number of benzene rings is 1. The number of ether oxygens (including phenoxy) is 2. The van der Waals surface area contributed by atoms with E-state index in [2.05, 4.69) is 4.90 Å². The van der Waals surface area contributed by atoms with Gasteiger partial charge >= 0.3 is 0 Å². The van der Waals surface area contributed by atoms with Crippen LogP contribution in [0.5, 0.6) is 5.75 Å². The maximum absolute atomic E-state index is 11.9. The van der Waals surface area contributed by atoms with Crippen LogP contribution < -0.4 is 15.4 Å². The second-order valence-electron chi connectivity index (χ2n) is 4.91. The summed E-state index contributed by atoms with van der Waals surface area (Å²) in [5.74, 6) is 0.891. The van der Waals surface area contributed by atoms with Crippen molar-refractivity contribution in [2.24, 2.45) is 5.73 Å². The van der Waals surface area contributed by atoms with E-state index < -0.39 is 0 Å². The summed E-state index contributed by atoms with van der Waals surface area (Å²) in [7, 11) is 1.66. The number of rotatable bonds is 6. The average molecular weight is 293 g/mol. The molecule has 2 N–H and O–H groups in total. The van der Waals surface area contributed by atoms with E-state index in [1.54, 1.807) is 7.11 Å². The third-order valence-electron chi connectivity index (χ3n) is 3.56. The Labute approximate surface area is 125 Å². The maximum Gasteiger partial charge on any atom is 0.248 e. The summed E-state index contributed by atoms with van der Waals surface area (Å²) in [5, 5.41) is 0. The maximum atomic E-state index is 11.9. The van der Waals surface area contributed by atoms with Crippen LogP contribution in [0, 0.1) is 0 Å². The third kappa shape index (κ3) is 4.34. The zero-order valence-electron chi connectivity index (χ0n) is 12.5. The van der Waals surface area contributed by atoms with E-state index in [1.165, 1.54) is 0 Å². The predicted molar refractivity (Wildman–Crippen MR) is 81.7 cm³/mol. The standard InChI is InChI=1S/C15H23N3O3/c1-20-14-4-2-13(3-5-14)17-7-9-18(10-8-17)15(19)12-21-11-6-16/h2-5H,6-12,16H2,1H3. The van der Waals surface area contributed by atoms with Gasteiger partial charge in [-0.1, -0.05) is 0 Å². The van der Waals surface area contributed by atoms with Gasteiger partial charge in [0.2, 0.25) is 5.91 Å². The number of amides is 1. The van der Waals surface area contributed by atoms with Crippen LogP contribution in [0.25, 0.3) is 0 Å². The highest BCUT2D eigenvalue weighted by molar-refractivity contribution is 5.77. The van der Waals surface area contributed by atoms with Gasteiger partial charge in [-0.05, 0) is 24.3 Å². The lowest BCUT2D eigenvalue weighted by atomic mass is 10.2. The molecule has 1 saturated heterocycles. The first-order valence-corrected chi connectivity index (χ1v) is 7.19. The average Bonchev–Trinajstić information content (AvgIpc) is 2.55. The van der Waals surface area contributed by atoms with Crippen LogP contribution in [0.4, 0.5) is 5.69 Å². The first-order chi connectivity index (χ1) is 10.2. The van der Waals surface area contributed by atoms with Gasteiger partial charge in [-0.2, -0.15) is 0 Å². The summed E-state index contributed by atoms with van der Waals surface area (Å²) in [6.07, 6.45) is 0. The Kier molecular flexibility index (Phi) is 5.83. The Morgan fingerprint density at radius 3 is 2.43 bits per heavy atom. The van der Waals surface area contributed by atoms with Gasteiger partial charge in [0.15, 0.2) is 0 Å². The molecule has 1 aliphatic heterocycles. The Morgan fingerprint density at radius 1 is 1.19 bits per heavy atom. The first-order valence-electron chi connectivity index (χ1n) is 7.19. The molecule has 0 saturated carbocycles. The zero-order chi connectivity index (χ0) is 15.1. The molecule has 6 nitrogen and oxygen atoms in total. The van der Waals surface area contributed by atoms with Gasteiger partial charge in [-0.25, -0.2) is 0 Å². The zero-order valence-corrected chi connectivity index (χ0v) is 12.5. The molecule has 1 aliphatic rings. The number of hydrogen-bond acceptors (Lipinski definition) is 5.